The Bertz CT molecular complexity index is 1510. The highest BCUT2D eigenvalue weighted by molar-refractivity contribution is 6.00. The second-order valence-corrected chi connectivity index (χ2v) is 8.73. The van der Waals surface area contributed by atoms with Crippen LogP contribution in [0.4, 0.5) is 21.6 Å². The molecule has 1 fully saturated rings. The van der Waals surface area contributed by atoms with Gasteiger partial charge in [0.2, 0.25) is 5.91 Å². The fraction of sp³-hybridized carbons (Fsp3) is 0.360. The lowest BCUT2D eigenvalue weighted by atomic mass is 10.1. The highest BCUT2D eigenvalue weighted by Gasteiger charge is 2.30. The van der Waals surface area contributed by atoms with Crippen molar-refractivity contribution < 1.29 is 27.6 Å². The van der Waals surface area contributed by atoms with E-state index in [4.69, 9.17) is 8.85 Å². The number of hydrogen-bond donors (Lipinski definition) is 3. The molecule has 1 aliphatic rings. The van der Waals surface area contributed by atoms with E-state index < -0.39 is 24.4 Å². The van der Waals surface area contributed by atoms with Crippen LogP contribution in [0, 0.1) is 11.7 Å². The summed E-state index contributed by atoms with van der Waals surface area (Å²) in [6, 6.07) is 5.06. The lowest BCUT2D eigenvalue weighted by Gasteiger charge is -2.16. The molecule has 0 atom stereocenters. The number of methoxy groups -OCH3 is 1. The third-order valence-corrected chi connectivity index (χ3v) is 6.05. The zero-order chi connectivity index (χ0) is 30.1. The normalized spacial score (nSPS) is 14.1. The van der Waals surface area contributed by atoms with Gasteiger partial charge in [0, 0.05) is 55.3 Å². The number of aryl methyl sites for hydroxylation is 1. The van der Waals surface area contributed by atoms with Crippen molar-refractivity contribution in [2.24, 2.45) is 13.0 Å². The summed E-state index contributed by atoms with van der Waals surface area (Å²) < 4.78 is 44.0. The molecule has 38 heavy (non-hydrogen) atoms. The summed E-state index contributed by atoms with van der Waals surface area (Å²) in [5, 5.41) is 19.3. The number of amides is 3. The third-order valence-electron chi connectivity index (χ3n) is 6.05. The molecule has 3 amide bonds. The first-order valence-corrected chi connectivity index (χ1v) is 11.8. The van der Waals surface area contributed by atoms with Gasteiger partial charge in [-0.25, -0.2) is 4.39 Å². The number of nitrogens with zero attached hydrogens (tertiary/aromatic N) is 5. The summed E-state index contributed by atoms with van der Waals surface area (Å²) in [4.78, 5) is 39.3. The second-order valence-electron chi connectivity index (χ2n) is 8.73. The number of nitrogens with one attached hydrogen (secondary N) is 3. The van der Waals surface area contributed by atoms with Crippen molar-refractivity contribution in [3.63, 3.8) is 0 Å². The Balaban J connectivity index is 1.77. The zero-order valence-electron chi connectivity index (χ0n) is 24.3. The topological polar surface area (TPSA) is 143 Å². The molecule has 2 heterocycles. The van der Waals surface area contributed by atoms with Gasteiger partial charge in [-0.3, -0.25) is 19.1 Å². The van der Waals surface area contributed by atoms with Crippen LogP contribution in [-0.4, -0.2) is 70.3 Å². The minimum absolute atomic E-state index is 0.00153. The minimum atomic E-state index is -2.82. The van der Waals surface area contributed by atoms with Crippen LogP contribution in [0.15, 0.2) is 24.3 Å². The Morgan fingerprint density at radius 3 is 2.63 bits per heavy atom. The average Bonchev–Trinajstić information content (AvgIpc) is 3.68. The van der Waals surface area contributed by atoms with E-state index >= 15 is 0 Å². The van der Waals surface area contributed by atoms with Crippen molar-refractivity contribution >= 4 is 34.9 Å². The SMILES string of the molecule is [2H]C([2H])([2H])NC(=O)c1nnc(NC(=O)C2CC2)cc1Nc1cc(F)cc(-c2cc(C(=O)N(C)CC)n(C)n2)c1OC. The first-order valence-electron chi connectivity index (χ1n) is 13.3. The van der Waals surface area contributed by atoms with Gasteiger partial charge in [-0.1, -0.05) is 0 Å². The number of carbonyl (C=O) groups is 3. The largest absolute Gasteiger partial charge is 0.494 e. The molecule has 1 aliphatic carbocycles. The van der Waals surface area contributed by atoms with Crippen LogP contribution in [0.5, 0.6) is 5.75 Å². The predicted molar refractivity (Wildman–Crippen MR) is 138 cm³/mol. The maximum absolute atomic E-state index is 15.0. The number of aromatic nitrogens is 4. The summed E-state index contributed by atoms with van der Waals surface area (Å²) >= 11 is 0. The van der Waals surface area contributed by atoms with E-state index in [2.05, 4.69) is 25.9 Å². The van der Waals surface area contributed by atoms with E-state index in [1.807, 2.05) is 12.2 Å². The quantitative estimate of drug-likeness (QED) is 0.385. The molecular formula is C25H29FN8O4. The molecule has 200 valence electrons. The van der Waals surface area contributed by atoms with Crippen LogP contribution in [0.3, 0.4) is 0 Å². The maximum Gasteiger partial charge on any atom is 0.273 e. The van der Waals surface area contributed by atoms with Gasteiger partial charge >= 0.3 is 0 Å². The first-order chi connectivity index (χ1) is 19.3. The first kappa shape index (κ1) is 22.6. The van der Waals surface area contributed by atoms with Gasteiger partial charge in [0.05, 0.1) is 24.2 Å². The predicted octanol–water partition coefficient (Wildman–Crippen LogP) is 2.57. The van der Waals surface area contributed by atoms with Gasteiger partial charge in [0.15, 0.2) is 17.3 Å². The van der Waals surface area contributed by atoms with E-state index in [0.717, 1.165) is 18.9 Å². The van der Waals surface area contributed by atoms with Crippen LogP contribution in [0.1, 0.15) is 44.9 Å². The monoisotopic (exact) mass is 527 g/mol. The van der Waals surface area contributed by atoms with E-state index in [-0.39, 0.29) is 57.6 Å². The molecule has 0 radical (unpaired) electrons. The summed E-state index contributed by atoms with van der Waals surface area (Å²) in [6.07, 6.45) is 1.48. The standard InChI is InChI=1S/C25H29FN8O4/c1-6-33(3)25(37)19-11-16(32-34(19)4)15-9-14(26)10-18(22(15)38-5)28-17-12-20(29-23(35)13-7-8-13)30-31-21(17)24(36)27-2/h9-13H,6-8H2,1-5H3,(H,27,36)(H2,28,29,30,35)/i2D3. The van der Waals surface area contributed by atoms with E-state index in [1.165, 1.54) is 34.9 Å². The Hall–Kier alpha value is -4.55. The van der Waals surface area contributed by atoms with Crippen LogP contribution >= 0.6 is 0 Å². The lowest BCUT2D eigenvalue weighted by molar-refractivity contribution is -0.117. The van der Waals surface area contributed by atoms with Crippen molar-refractivity contribution in [3.8, 4) is 17.0 Å². The lowest BCUT2D eigenvalue weighted by Crippen LogP contribution is -2.28. The van der Waals surface area contributed by atoms with Crippen LogP contribution in [0.2, 0.25) is 0 Å². The number of halogens is 1. The van der Waals surface area contributed by atoms with Gasteiger partial charge in [-0.05, 0) is 31.9 Å². The number of benzene rings is 1. The van der Waals surface area contributed by atoms with Gasteiger partial charge in [0.1, 0.15) is 11.5 Å². The van der Waals surface area contributed by atoms with Crippen molar-refractivity contribution in [2.75, 3.05) is 38.3 Å². The fourth-order valence-corrected chi connectivity index (χ4v) is 3.73. The van der Waals surface area contributed by atoms with Crippen LogP contribution < -0.4 is 20.7 Å². The highest BCUT2D eigenvalue weighted by atomic mass is 19.1. The third kappa shape index (κ3) is 5.41. The molecule has 2 aromatic heterocycles. The molecule has 3 aromatic rings. The Labute approximate surface area is 222 Å². The molecule has 0 aliphatic heterocycles. The summed E-state index contributed by atoms with van der Waals surface area (Å²) in [7, 11) is 4.57. The Kier molecular flexibility index (Phi) is 6.45. The summed E-state index contributed by atoms with van der Waals surface area (Å²) in [5.74, 6) is -2.38. The molecular weight excluding hydrogens is 495 g/mol. The summed E-state index contributed by atoms with van der Waals surface area (Å²) in [5.41, 5.74) is 0.230. The molecule has 12 nitrogen and oxygen atoms in total. The summed E-state index contributed by atoms with van der Waals surface area (Å²) in [6.45, 7) is -0.526. The van der Waals surface area contributed by atoms with Gasteiger partial charge in [-0.15, -0.1) is 10.2 Å². The van der Waals surface area contributed by atoms with E-state index in [0.29, 0.717) is 6.54 Å². The minimum Gasteiger partial charge on any atom is -0.494 e. The molecule has 13 heteroatoms. The molecule has 0 saturated heterocycles. The van der Waals surface area contributed by atoms with Gasteiger partial charge in [-0.2, -0.15) is 5.10 Å². The molecule has 1 aromatic carbocycles. The number of anilines is 3. The molecule has 1 saturated carbocycles. The fourth-order valence-electron chi connectivity index (χ4n) is 3.73. The van der Waals surface area contributed by atoms with E-state index in [1.54, 1.807) is 14.1 Å². The Morgan fingerprint density at radius 2 is 1.97 bits per heavy atom. The second kappa shape index (κ2) is 10.8. The van der Waals surface area contributed by atoms with Crippen molar-refractivity contribution in [2.45, 2.75) is 19.8 Å². The smallest absolute Gasteiger partial charge is 0.273 e. The van der Waals surface area contributed by atoms with E-state index in [9.17, 15) is 18.8 Å². The molecule has 0 spiro atoms. The van der Waals surface area contributed by atoms with Crippen molar-refractivity contribution in [1.82, 2.24) is 30.2 Å². The average molecular weight is 528 g/mol. The van der Waals surface area contributed by atoms with Gasteiger partial charge < -0.3 is 25.6 Å². The highest BCUT2D eigenvalue weighted by Crippen LogP contribution is 2.39. The number of rotatable bonds is 9. The maximum atomic E-state index is 15.0. The number of carbonyl (C=O) groups excluding carboxylic acids is 3. The number of hydrogen-bond acceptors (Lipinski definition) is 8. The zero-order valence-corrected chi connectivity index (χ0v) is 21.3. The van der Waals surface area contributed by atoms with Crippen molar-refractivity contribution in [1.29, 1.82) is 0 Å². The number of ether oxygens (including phenoxy) is 1. The van der Waals surface area contributed by atoms with Crippen molar-refractivity contribution in [3.05, 3.63) is 41.5 Å². The van der Waals surface area contributed by atoms with Crippen LogP contribution in [0.25, 0.3) is 11.3 Å². The van der Waals surface area contributed by atoms with Crippen LogP contribution in [-0.2, 0) is 11.8 Å². The Morgan fingerprint density at radius 1 is 1.21 bits per heavy atom. The molecule has 4 rings (SSSR count). The van der Waals surface area contributed by atoms with Gasteiger partial charge in [0.25, 0.3) is 11.8 Å². The molecule has 0 unspecified atom stereocenters. The molecule has 3 N–H and O–H groups in total. The molecule has 0 bridgehead atoms.